The highest BCUT2D eigenvalue weighted by molar-refractivity contribution is 5.97. The molecular weight excluding hydrogens is 358 g/mol. The topological polar surface area (TPSA) is 111 Å². The smallest absolute Gasteiger partial charge is 0.270 e. The number of hydrogen-bond donors (Lipinski definition) is 3. The maximum atomic E-state index is 12.9. The molecule has 28 heavy (non-hydrogen) atoms. The van der Waals surface area contributed by atoms with Crippen LogP contribution in [-0.4, -0.2) is 62.0 Å². The minimum atomic E-state index is -0.679. The molecule has 0 radical (unpaired) electrons. The Hall–Kier alpha value is -2.48. The summed E-state index contributed by atoms with van der Waals surface area (Å²) in [5, 5.41) is 14.2. The van der Waals surface area contributed by atoms with Crippen molar-refractivity contribution in [2.75, 3.05) is 13.1 Å². The fraction of sp³-hybridized carbons (Fsp3) is 0.600. The molecule has 0 bridgehead atoms. The fourth-order valence-corrected chi connectivity index (χ4v) is 3.81. The lowest BCUT2D eigenvalue weighted by atomic mass is 9.97. The molecule has 0 aliphatic carbocycles. The van der Waals surface area contributed by atoms with Gasteiger partial charge < -0.3 is 20.3 Å². The second-order valence-electron chi connectivity index (χ2n) is 8.18. The molecule has 152 valence electrons. The minimum Gasteiger partial charge on any atom is -0.391 e. The molecule has 2 amide bonds. The lowest BCUT2D eigenvalue weighted by Crippen LogP contribution is -2.40. The van der Waals surface area contributed by atoms with Crippen LogP contribution >= 0.6 is 0 Å². The van der Waals surface area contributed by atoms with Crippen molar-refractivity contribution in [3.8, 4) is 0 Å². The minimum absolute atomic E-state index is 0.0138. The molecule has 0 aromatic carbocycles. The lowest BCUT2D eigenvalue weighted by Gasteiger charge is -2.21. The van der Waals surface area contributed by atoms with Crippen molar-refractivity contribution in [3.05, 3.63) is 24.3 Å². The van der Waals surface area contributed by atoms with E-state index < -0.39 is 6.10 Å². The summed E-state index contributed by atoms with van der Waals surface area (Å²) in [5.41, 5.74) is 1.04. The third-order valence-electron chi connectivity index (χ3n) is 5.17. The molecule has 2 aromatic rings. The molecule has 1 aliphatic rings. The average Bonchev–Trinajstić information content (AvgIpc) is 2.98. The summed E-state index contributed by atoms with van der Waals surface area (Å²) < 4.78 is 0. The van der Waals surface area contributed by atoms with Crippen molar-refractivity contribution >= 4 is 22.8 Å². The van der Waals surface area contributed by atoms with E-state index >= 15 is 0 Å². The monoisotopic (exact) mass is 387 g/mol. The van der Waals surface area contributed by atoms with Crippen molar-refractivity contribution in [2.45, 2.75) is 52.2 Å². The van der Waals surface area contributed by atoms with Crippen LogP contribution in [0.4, 0.5) is 0 Å². The Bertz CT molecular complexity index is 801. The number of likely N-dealkylation sites (tertiary alicyclic amines) is 1. The number of amides is 2. The van der Waals surface area contributed by atoms with Crippen molar-refractivity contribution in [1.29, 1.82) is 0 Å². The van der Waals surface area contributed by atoms with Gasteiger partial charge in [0.1, 0.15) is 17.7 Å². The molecule has 1 fully saturated rings. The summed E-state index contributed by atoms with van der Waals surface area (Å²) in [6, 6.07) is 1.59. The third-order valence-corrected chi connectivity index (χ3v) is 5.17. The van der Waals surface area contributed by atoms with Crippen LogP contribution in [0.15, 0.2) is 18.6 Å². The van der Waals surface area contributed by atoms with Gasteiger partial charge in [-0.2, -0.15) is 0 Å². The van der Waals surface area contributed by atoms with E-state index in [1.165, 1.54) is 6.33 Å². The van der Waals surface area contributed by atoms with Crippen LogP contribution in [-0.2, 0) is 4.79 Å². The molecule has 0 spiro atoms. The first-order valence-electron chi connectivity index (χ1n) is 9.90. The number of carbonyl (C=O) groups is 2. The molecular formula is C20H29N5O3. The van der Waals surface area contributed by atoms with Gasteiger partial charge in [-0.05, 0) is 31.2 Å². The number of nitrogens with zero attached hydrogens (tertiary/aromatic N) is 3. The molecule has 1 saturated heterocycles. The zero-order valence-corrected chi connectivity index (χ0v) is 16.7. The number of β-amino-alcohol motifs (C(OH)–C–C–N with tert-alkyl or cyclic N) is 1. The zero-order valence-electron chi connectivity index (χ0n) is 16.7. The second kappa shape index (κ2) is 8.68. The summed E-state index contributed by atoms with van der Waals surface area (Å²) in [5.74, 6) is 0.220. The molecule has 1 aliphatic heterocycles. The van der Waals surface area contributed by atoms with Crippen molar-refractivity contribution in [2.24, 2.45) is 11.8 Å². The summed E-state index contributed by atoms with van der Waals surface area (Å²) in [6.07, 6.45) is 4.29. The van der Waals surface area contributed by atoms with E-state index in [2.05, 4.69) is 34.1 Å². The largest absolute Gasteiger partial charge is 0.391 e. The highest BCUT2D eigenvalue weighted by atomic mass is 16.3. The third kappa shape index (κ3) is 4.86. The second-order valence-corrected chi connectivity index (χ2v) is 8.18. The predicted octanol–water partition coefficient (Wildman–Crippen LogP) is 1.72. The van der Waals surface area contributed by atoms with Crippen LogP contribution in [0.1, 0.15) is 50.5 Å². The van der Waals surface area contributed by atoms with Crippen LogP contribution < -0.4 is 5.32 Å². The standard InChI is InChI=1S/C20H29N5O3/c1-12(2)6-13(3)19(27)23-15-4-5-25(10-16(26)8-15)20(28)17-7-14-9-21-11-22-18(14)24-17/h7,9,11-13,15-16,26H,4-6,8,10H2,1-3H3,(H,23,27)(H,21,22,24)/t13?,15-,16-/m1/s1. The first-order valence-corrected chi connectivity index (χ1v) is 9.90. The lowest BCUT2D eigenvalue weighted by molar-refractivity contribution is -0.125. The Morgan fingerprint density at radius 3 is 2.89 bits per heavy atom. The quantitative estimate of drug-likeness (QED) is 0.723. The molecule has 3 heterocycles. The number of aliphatic hydroxyl groups is 1. The van der Waals surface area contributed by atoms with E-state index in [4.69, 9.17) is 0 Å². The summed E-state index contributed by atoms with van der Waals surface area (Å²) in [6.45, 7) is 6.84. The molecule has 2 aromatic heterocycles. The molecule has 3 rings (SSSR count). The van der Waals surface area contributed by atoms with E-state index in [0.29, 0.717) is 36.6 Å². The van der Waals surface area contributed by atoms with Gasteiger partial charge in [0.15, 0.2) is 0 Å². The average molecular weight is 387 g/mol. The Morgan fingerprint density at radius 1 is 1.39 bits per heavy atom. The van der Waals surface area contributed by atoms with Crippen LogP contribution in [0.5, 0.6) is 0 Å². The first-order chi connectivity index (χ1) is 13.3. The summed E-state index contributed by atoms with van der Waals surface area (Å²) in [4.78, 5) is 38.0. The molecule has 3 atom stereocenters. The van der Waals surface area contributed by atoms with E-state index in [1.807, 2.05) is 6.92 Å². The summed E-state index contributed by atoms with van der Waals surface area (Å²) in [7, 11) is 0. The highest BCUT2D eigenvalue weighted by Crippen LogP contribution is 2.18. The normalized spacial score (nSPS) is 21.5. The van der Waals surface area contributed by atoms with Gasteiger partial charge in [-0.15, -0.1) is 0 Å². The molecule has 0 saturated carbocycles. The van der Waals surface area contributed by atoms with Gasteiger partial charge in [0.2, 0.25) is 5.91 Å². The van der Waals surface area contributed by atoms with Gasteiger partial charge >= 0.3 is 0 Å². The Morgan fingerprint density at radius 2 is 2.18 bits per heavy atom. The van der Waals surface area contributed by atoms with E-state index in [1.54, 1.807) is 17.2 Å². The van der Waals surface area contributed by atoms with E-state index in [-0.39, 0.29) is 30.3 Å². The number of H-pyrrole nitrogens is 1. The number of nitrogens with one attached hydrogen (secondary N) is 2. The SMILES string of the molecule is CC(C)CC(C)C(=O)N[C@@H]1CCN(C(=O)c2cc3cncnc3[nH]2)C[C@H](O)C1. The molecule has 8 nitrogen and oxygen atoms in total. The van der Waals surface area contributed by atoms with E-state index in [9.17, 15) is 14.7 Å². The van der Waals surface area contributed by atoms with Gasteiger partial charge in [-0.3, -0.25) is 9.59 Å². The number of hydrogen-bond acceptors (Lipinski definition) is 5. The van der Waals surface area contributed by atoms with Crippen LogP contribution in [0.3, 0.4) is 0 Å². The predicted molar refractivity (Wildman–Crippen MR) is 106 cm³/mol. The maximum absolute atomic E-state index is 12.9. The highest BCUT2D eigenvalue weighted by Gasteiger charge is 2.29. The Balaban J connectivity index is 1.63. The van der Waals surface area contributed by atoms with Crippen LogP contribution in [0.25, 0.3) is 11.0 Å². The van der Waals surface area contributed by atoms with Gasteiger partial charge in [-0.1, -0.05) is 20.8 Å². The molecule has 1 unspecified atom stereocenters. The maximum Gasteiger partial charge on any atom is 0.270 e. The number of aromatic amines is 1. The first kappa shape index (κ1) is 20.3. The van der Waals surface area contributed by atoms with Crippen molar-refractivity contribution in [3.63, 3.8) is 0 Å². The van der Waals surface area contributed by atoms with Crippen molar-refractivity contribution in [1.82, 2.24) is 25.2 Å². The number of aliphatic hydroxyl groups excluding tert-OH is 1. The van der Waals surface area contributed by atoms with Crippen LogP contribution in [0.2, 0.25) is 0 Å². The van der Waals surface area contributed by atoms with Gasteiger partial charge in [0.05, 0.1) is 6.10 Å². The Labute approximate surface area is 164 Å². The fourth-order valence-electron chi connectivity index (χ4n) is 3.81. The van der Waals surface area contributed by atoms with Gasteiger partial charge in [-0.25, -0.2) is 9.97 Å². The Kier molecular flexibility index (Phi) is 6.28. The number of fused-ring (bicyclic) bond motifs is 1. The summed E-state index contributed by atoms with van der Waals surface area (Å²) >= 11 is 0. The number of aromatic nitrogens is 3. The zero-order chi connectivity index (χ0) is 20.3. The number of rotatable bonds is 5. The number of carbonyl (C=O) groups excluding carboxylic acids is 2. The van der Waals surface area contributed by atoms with Crippen molar-refractivity contribution < 1.29 is 14.7 Å². The van der Waals surface area contributed by atoms with E-state index in [0.717, 1.165) is 11.8 Å². The molecule has 3 N–H and O–H groups in total. The molecule has 8 heteroatoms. The van der Waals surface area contributed by atoms with Crippen LogP contribution in [0, 0.1) is 11.8 Å². The van der Waals surface area contributed by atoms with Gasteiger partial charge in [0.25, 0.3) is 5.91 Å². The van der Waals surface area contributed by atoms with Gasteiger partial charge in [0, 0.05) is 36.6 Å².